The number of hydrogen-bond acceptors (Lipinski definition) is 2. The average Bonchev–Trinajstić information content (AvgIpc) is 2.48. The minimum absolute atomic E-state index is 0.105. The van der Waals surface area contributed by atoms with Crippen molar-refractivity contribution in [3.63, 3.8) is 0 Å². The van der Waals surface area contributed by atoms with E-state index in [-0.39, 0.29) is 24.3 Å². The lowest BCUT2D eigenvalue weighted by atomic mass is 9.88. The lowest BCUT2D eigenvalue weighted by Gasteiger charge is -2.26. The van der Waals surface area contributed by atoms with Gasteiger partial charge in [0, 0.05) is 18.7 Å². The summed E-state index contributed by atoms with van der Waals surface area (Å²) in [5.41, 5.74) is 0.760. The van der Waals surface area contributed by atoms with Gasteiger partial charge in [-0.15, -0.1) is 0 Å². The van der Waals surface area contributed by atoms with Crippen molar-refractivity contribution >= 4 is 17.5 Å². The van der Waals surface area contributed by atoms with E-state index in [0.717, 1.165) is 31.4 Å². The van der Waals surface area contributed by atoms with Gasteiger partial charge in [0.2, 0.25) is 11.8 Å². The topological polar surface area (TPSA) is 49.4 Å². The molecule has 0 saturated heterocycles. The largest absolute Gasteiger partial charge is 0.336 e. The van der Waals surface area contributed by atoms with Crippen LogP contribution in [-0.2, 0) is 9.59 Å². The molecule has 1 aromatic carbocycles. The molecule has 1 saturated carbocycles. The first-order chi connectivity index (χ1) is 9.66. The maximum atomic E-state index is 12.2. The molecular formula is C16H22N2O2. The Bertz CT molecular complexity index is 453. The smallest absolute Gasteiger partial charge is 0.243 e. The molecule has 20 heavy (non-hydrogen) atoms. The van der Waals surface area contributed by atoms with E-state index >= 15 is 0 Å². The van der Waals surface area contributed by atoms with Crippen molar-refractivity contribution < 1.29 is 9.59 Å². The Morgan fingerprint density at radius 1 is 1.15 bits per heavy atom. The lowest BCUT2D eigenvalue weighted by Crippen LogP contribution is -2.39. The first-order valence-corrected chi connectivity index (χ1v) is 7.26. The summed E-state index contributed by atoms with van der Waals surface area (Å²) in [5.74, 6) is 0.0639. The van der Waals surface area contributed by atoms with Crippen LogP contribution in [0.4, 0.5) is 5.69 Å². The van der Waals surface area contributed by atoms with Crippen molar-refractivity contribution in [1.82, 2.24) is 4.90 Å². The normalized spacial score (nSPS) is 15.7. The average molecular weight is 274 g/mol. The van der Waals surface area contributed by atoms with Crippen LogP contribution in [-0.4, -0.2) is 30.3 Å². The van der Waals surface area contributed by atoms with E-state index in [0.29, 0.717) is 0 Å². The highest BCUT2D eigenvalue weighted by molar-refractivity contribution is 5.94. The summed E-state index contributed by atoms with van der Waals surface area (Å²) in [7, 11) is 1.71. The van der Waals surface area contributed by atoms with Crippen LogP contribution in [0.2, 0.25) is 0 Å². The highest BCUT2D eigenvalue weighted by Gasteiger charge is 2.24. The number of nitrogens with zero attached hydrogens (tertiary/aromatic N) is 1. The summed E-state index contributed by atoms with van der Waals surface area (Å²) in [4.78, 5) is 25.7. The number of para-hydroxylation sites is 1. The molecule has 2 amide bonds. The van der Waals surface area contributed by atoms with Gasteiger partial charge in [0.1, 0.15) is 0 Å². The molecule has 1 aliphatic rings. The molecule has 1 aromatic rings. The molecule has 4 heteroatoms. The fourth-order valence-corrected chi connectivity index (χ4v) is 2.68. The Kier molecular flexibility index (Phi) is 5.16. The van der Waals surface area contributed by atoms with Gasteiger partial charge in [0.15, 0.2) is 0 Å². The molecule has 0 spiro atoms. The molecule has 2 rings (SSSR count). The molecule has 4 nitrogen and oxygen atoms in total. The van der Waals surface area contributed by atoms with Crippen LogP contribution in [0.3, 0.4) is 0 Å². The van der Waals surface area contributed by atoms with E-state index < -0.39 is 0 Å². The van der Waals surface area contributed by atoms with Crippen molar-refractivity contribution in [2.75, 3.05) is 18.9 Å². The van der Waals surface area contributed by atoms with Crippen molar-refractivity contribution in [2.24, 2.45) is 5.92 Å². The number of anilines is 1. The third-order valence-corrected chi connectivity index (χ3v) is 3.77. The lowest BCUT2D eigenvalue weighted by molar-refractivity contribution is -0.137. The van der Waals surface area contributed by atoms with Crippen LogP contribution < -0.4 is 5.32 Å². The molecule has 1 fully saturated rings. The van der Waals surface area contributed by atoms with Gasteiger partial charge in [-0.25, -0.2) is 0 Å². The SMILES string of the molecule is CN(CC(=O)Nc1ccccc1)C(=O)C1CCCCC1. The number of carbonyl (C=O) groups excluding carboxylic acids is 2. The number of benzene rings is 1. The standard InChI is InChI=1S/C16H22N2O2/c1-18(16(20)13-8-4-2-5-9-13)12-15(19)17-14-10-6-3-7-11-14/h3,6-7,10-11,13H,2,4-5,8-9,12H2,1H3,(H,17,19). The number of carbonyl (C=O) groups is 2. The Morgan fingerprint density at radius 2 is 1.80 bits per heavy atom. The van der Waals surface area contributed by atoms with Gasteiger partial charge in [-0.05, 0) is 25.0 Å². The highest BCUT2D eigenvalue weighted by Crippen LogP contribution is 2.25. The molecular weight excluding hydrogens is 252 g/mol. The second-order valence-corrected chi connectivity index (χ2v) is 5.44. The zero-order chi connectivity index (χ0) is 14.4. The van der Waals surface area contributed by atoms with Gasteiger partial charge >= 0.3 is 0 Å². The fraction of sp³-hybridized carbons (Fsp3) is 0.500. The predicted octanol–water partition coefficient (Wildman–Crippen LogP) is 2.66. The molecule has 0 radical (unpaired) electrons. The van der Waals surface area contributed by atoms with Gasteiger partial charge in [-0.1, -0.05) is 37.5 Å². The summed E-state index contributed by atoms with van der Waals surface area (Å²) in [6, 6.07) is 9.30. The van der Waals surface area contributed by atoms with E-state index in [1.807, 2.05) is 30.3 Å². The van der Waals surface area contributed by atoms with E-state index in [1.54, 1.807) is 11.9 Å². The van der Waals surface area contributed by atoms with E-state index in [9.17, 15) is 9.59 Å². The first-order valence-electron chi connectivity index (χ1n) is 7.26. The van der Waals surface area contributed by atoms with Crippen LogP contribution in [0.25, 0.3) is 0 Å². The number of nitrogens with one attached hydrogen (secondary N) is 1. The van der Waals surface area contributed by atoms with E-state index in [1.165, 1.54) is 6.42 Å². The molecule has 0 unspecified atom stereocenters. The predicted molar refractivity (Wildman–Crippen MR) is 79.3 cm³/mol. The third-order valence-electron chi connectivity index (χ3n) is 3.77. The molecule has 0 heterocycles. The number of hydrogen-bond donors (Lipinski definition) is 1. The van der Waals surface area contributed by atoms with Crippen LogP contribution >= 0.6 is 0 Å². The monoisotopic (exact) mass is 274 g/mol. The van der Waals surface area contributed by atoms with Crippen LogP contribution in [0.1, 0.15) is 32.1 Å². The zero-order valence-corrected chi connectivity index (χ0v) is 12.0. The quantitative estimate of drug-likeness (QED) is 0.917. The maximum Gasteiger partial charge on any atom is 0.243 e. The molecule has 1 N–H and O–H groups in total. The highest BCUT2D eigenvalue weighted by atomic mass is 16.2. The maximum absolute atomic E-state index is 12.2. The Hall–Kier alpha value is -1.84. The zero-order valence-electron chi connectivity index (χ0n) is 12.0. The van der Waals surface area contributed by atoms with Crippen molar-refractivity contribution in [2.45, 2.75) is 32.1 Å². The van der Waals surface area contributed by atoms with Gasteiger partial charge < -0.3 is 10.2 Å². The summed E-state index contributed by atoms with van der Waals surface area (Å²) in [5, 5.41) is 2.80. The molecule has 0 aliphatic heterocycles. The van der Waals surface area contributed by atoms with Crippen LogP contribution in [0.15, 0.2) is 30.3 Å². The summed E-state index contributed by atoms with van der Waals surface area (Å²) in [6.45, 7) is 0.115. The Labute approximate surface area is 120 Å². The van der Waals surface area contributed by atoms with Gasteiger partial charge in [0.25, 0.3) is 0 Å². The van der Waals surface area contributed by atoms with Gasteiger partial charge in [-0.2, -0.15) is 0 Å². The second-order valence-electron chi connectivity index (χ2n) is 5.44. The number of amides is 2. The second kappa shape index (κ2) is 7.08. The first kappa shape index (κ1) is 14.6. The number of likely N-dealkylation sites (N-methyl/N-ethyl adjacent to an activating group) is 1. The molecule has 0 aromatic heterocycles. The number of rotatable bonds is 4. The van der Waals surface area contributed by atoms with Crippen molar-refractivity contribution in [3.05, 3.63) is 30.3 Å². The summed E-state index contributed by atoms with van der Waals surface area (Å²) < 4.78 is 0. The van der Waals surface area contributed by atoms with Crippen LogP contribution in [0.5, 0.6) is 0 Å². The molecule has 108 valence electrons. The van der Waals surface area contributed by atoms with Gasteiger partial charge in [-0.3, -0.25) is 9.59 Å². The fourth-order valence-electron chi connectivity index (χ4n) is 2.68. The third kappa shape index (κ3) is 4.08. The Morgan fingerprint density at radius 3 is 2.45 bits per heavy atom. The summed E-state index contributed by atoms with van der Waals surface area (Å²) >= 11 is 0. The summed E-state index contributed by atoms with van der Waals surface area (Å²) in [6.07, 6.45) is 5.40. The van der Waals surface area contributed by atoms with Crippen LogP contribution in [0, 0.1) is 5.92 Å². The van der Waals surface area contributed by atoms with E-state index in [2.05, 4.69) is 5.32 Å². The minimum atomic E-state index is -0.150. The minimum Gasteiger partial charge on any atom is -0.336 e. The van der Waals surface area contributed by atoms with Gasteiger partial charge in [0.05, 0.1) is 6.54 Å². The molecule has 0 bridgehead atoms. The van der Waals surface area contributed by atoms with E-state index in [4.69, 9.17) is 0 Å². The van der Waals surface area contributed by atoms with Crippen molar-refractivity contribution in [3.8, 4) is 0 Å². The Balaban J connectivity index is 1.82. The molecule has 0 atom stereocenters. The molecule has 1 aliphatic carbocycles. The van der Waals surface area contributed by atoms with Crippen molar-refractivity contribution in [1.29, 1.82) is 0 Å².